The quantitative estimate of drug-likeness (QED) is 0.554. The van der Waals surface area contributed by atoms with Crippen LogP contribution in [0.3, 0.4) is 0 Å². The van der Waals surface area contributed by atoms with E-state index in [0.717, 1.165) is 16.5 Å². The van der Waals surface area contributed by atoms with Crippen molar-refractivity contribution >= 4 is 28.5 Å². The second-order valence-electron chi connectivity index (χ2n) is 7.34. The maximum Gasteiger partial charge on any atom is 0.322 e. The normalized spacial score (nSPS) is 10.8. The molecule has 2 aromatic carbocycles. The molecule has 0 atom stereocenters. The highest BCUT2D eigenvalue weighted by molar-refractivity contribution is 5.93. The van der Waals surface area contributed by atoms with Gasteiger partial charge in [0.25, 0.3) is 0 Å². The molecule has 31 heavy (non-hydrogen) atoms. The number of hydrogen-bond donors (Lipinski definition) is 2. The van der Waals surface area contributed by atoms with Gasteiger partial charge in [0.15, 0.2) is 0 Å². The molecule has 2 N–H and O–H groups in total. The van der Waals surface area contributed by atoms with Gasteiger partial charge < -0.3 is 24.8 Å². The van der Waals surface area contributed by atoms with Crippen molar-refractivity contribution in [1.29, 1.82) is 0 Å². The lowest BCUT2D eigenvalue weighted by Gasteiger charge is -2.22. The number of hydrogen-bond acceptors (Lipinski definition) is 3. The SMILES string of the molecule is CCN(CC)C(=O)Cn1ccc2cc(NC(=O)N(CCO)Cc3ccccc3)ccc21. The van der Waals surface area contributed by atoms with Gasteiger partial charge >= 0.3 is 6.03 Å². The number of benzene rings is 2. The Morgan fingerprint density at radius 1 is 1.00 bits per heavy atom. The second kappa shape index (κ2) is 10.6. The summed E-state index contributed by atoms with van der Waals surface area (Å²) < 4.78 is 1.93. The maximum absolute atomic E-state index is 12.8. The first-order valence-corrected chi connectivity index (χ1v) is 10.6. The lowest BCUT2D eigenvalue weighted by Crippen LogP contribution is -2.36. The minimum atomic E-state index is -0.270. The number of anilines is 1. The lowest BCUT2D eigenvalue weighted by atomic mass is 10.2. The predicted molar refractivity (Wildman–Crippen MR) is 123 cm³/mol. The molecule has 0 bridgehead atoms. The van der Waals surface area contributed by atoms with Gasteiger partial charge in [-0.15, -0.1) is 0 Å². The number of aromatic nitrogens is 1. The van der Waals surface area contributed by atoms with Crippen LogP contribution in [-0.4, -0.2) is 57.7 Å². The van der Waals surface area contributed by atoms with E-state index in [-0.39, 0.29) is 31.6 Å². The van der Waals surface area contributed by atoms with Crippen molar-refractivity contribution in [2.75, 3.05) is 31.6 Å². The van der Waals surface area contributed by atoms with Gasteiger partial charge in [-0.25, -0.2) is 4.79 Å². The van der Waals surface area contributed by atoms with Crippen molar-refractivity contribution in [3.63, 3.8) is 0 Å². The largest absolute Gasteiger partial charge is 0.395 e. The molecule has 3 aromatic rings. The average Bonchev–Trinajstić information content (AvgIpc) is 3.17. The minimum Gasteiger partial charge on any atom is -0.395 e. The van der Waals surface area contributed by atoms with E-state index >= 15 is 0 Å². The van der Waals surface area contributed by atoms with Crippen LogP contribution in [0.5, 0.6) is 0 Å². The van der Waals surface area contributed by atoms with Crippen molar-refractivity contribution in [2.45, 2.75) is 26.9 Å². The number of nitrogens with one attached hydrogen (secondary N) is 1. The molecule has 7 nitrogen and oxygen atoms in total. The Balaban J connectivity index is 1.71. The molecule has 1 heterocycles. The summed E-state index contributed by atoms with van der Waals surface area (Å²) in [7, 11) is 0. The molecule has 1 aromatic heterocycles. The number of aliphatic hydroxyl groups excluding tert-OH is 1. The summed E-state index contributed by atoms with van der Waals surface area (Å²) >= 11 is 0. The molecular formula is C24H30N4O3. The van der Waals surface area contributed by atoms with Gasteiger partial charge in [0.1, 0.15) is 6.54 Å². The van der Waals surface area contributed by atoms with Crippen LogP contribution in [0.1, 0.15) is 19.4 Å². The zero-order chi connectivity index (χ0) is 22.2. The first-order valence-electron chi connectivity index (χ1n) is 10.6. The van der Waals surface area contributed by atoms with Crippen LogP contribution in [0.15, 0.2) is 60.8 Å². The molecule has 0 saturated heterocycles. The number of likely N-dealkylation sites (N-methyl/N-ethyl adjacent to an activating group) is 1. The van der Waals surface area contributed by atoms with Crippen molar-refractivity contribution in [3.8, 4) is 0 Å². The number of carbonyl (C=O) groups excluding carboxylic acids is 2. The van der Waals surface area contributed by atoms with E-state index in [0.29, 0.717) is 25.3 Å². The van der Waals surface area contributed by atoms with Crippen LogP contribution >= 0.6 is 0 Å². The van der Waals surface area contributed by atoms with Crippen LogP contribution in [0, 0.1) is 0 Å². The highest BCUT2D eigenvalue weighted by atomic mass is 16.3. The molecule has 3 amide bonds. The van der Waals surface area contributed by atoms with E-state index in [1.54, 1.807) is 4.90 Å². The Bertz CT molecular complexity index is 1010. The van der Waals surface area contributed by atoms with E-state index < -0.39 is 0 Å². The van der Waals surface area contributed by atoms with Gasteiger partial charge in [-0.2, -0.15) is 0 Å². The molecular weight excluding hydrogens is 392 g/mol. The Morgan fingerprint density at radius 3 is 2.42 bits per heavy atom. The number of fused-ring (bicyclic) bond motifs is 1. The maximum atomic E-state index is 12.8. The molecule has 0 aliphatic carbocycles. The fraction of sp³-hybridized carbons (Fsp3) is 0.333. The summed E-state index contributed by atoms with van der Waals surface area (Å²) in [5.74, 6) is 0.0837. The Kier molecular flexibility index (Phi) is 7.67. The third-order valence-corrected chi connectivity index (χ3v) is 5.32. The third-order valence-electron chi connectivity index (χ3n) is 5.32. The summed E-state index contributed by atoms with van der Waals surface area (Å²) in [5.41, 5.74) is 2.60. The lowest BCUT2D eigenvalue weighted by molar-refractivity contribution is -0.131. The van der Waals surface area contributed by atoms with E-state index in [9.17, 15) is 14.7 Å². The summed E-state index contributed by atoms with van der Waals surface area (Å²) in [4.78, 5) is 28.6. The summed E-state index contributed by atoms with van der Waals surface area (Å²) in [6, 6.07) is 17.0. The van der Waals surface area contributed by atoms with Crippen LogP contribution < -0.4 is 5.32 Å². The van der Waals surface area contributed by atoms with Crippen LogP contribution in [-0.2, 0) is 17.9 Å². The second-order valence-corrected chi connectivity index (χ2v) is 7.34. The number of carbonyl (C=O) groups is 2. The predicted octanol–water partition coefficient (Wildman–Crippen LogP) is 3.54. The van der Waals surface area contributed by atoms with Crippen LogP contribution in [0.2, 0.25) is 0 Å². The Hall–Kier alpha value is -3.32. The van der Waals surface area contributed by atoms with Crippen LogP contribution in [0.25, 0.3) is 10.9 Å². The molecule has 0 radical (unpaired) electrons. The van der Waals surface area contributed by atoms with E-state index in [2.05, 4.69) is 5.32 Å². The van der Waals surface area contributed by atoms with Gasteiger partial charge in [-0.1, -0.05) is 30.3 Å². The van der Waals surface area contributed by atoms with E-state index in [4.69, 9.17) is 0 Å². The number of urea groups is 1. The molecule has 164 valence electrons. The van der Waals surface area contributed by atoms with Gasteiger partial charge in [-0.3, -0.25) is 4.79 Å². The van der Waals surface area contributed by atoms with Gasteiger partial charge in [0.2, 0.25) is 5.91 Å². The zero-order valence-electron chi connectivity index (χ0n) is 18.1. The van der Waals surface area contributed by atoms with Crippen molar-refractivity contribution in [1.82, 2.24) is 14.4 Å². The summed E-state index contributed by atoms with van der Waals surface area (Å²) in [5, 5.41) is 13.2. The van der Waals surface area contributed by atoms with Gasteiger partial charge in [0.05, 0.1) is 6.61 Å². The number of nitrogens with zero attached hydrogens (tertiary/aromatic N) is 3. The van der Waals surface area contributed by atoms with Crippen LogP contribution in [0.4, 0.5) is 10.5 Å². The highest BCUT2D eigenvalue weighted by Crippen LogP contribution is 2.21. The molecule has 0 unspecified atom stereocenters. The average molecular weight is 423 g/mol. The van der Waals surface area contributed by atoms with Gasteiger partial charge in [0, 0.05) is 49.0 Å². The number of aliphatic hydroxyl groups is 1. The van der Waals surface area contributed by atoms with E-state index in [1.165, 1.54) is 0 Å². The fourth-order valence-electron chi connectivity index (χ4n) is 3.62. The summed E-state index contributed by atoms with van der Waals surface area (Å²) in [6.07, 6.45) is 1.89. The molecule has 0 saturated carbocycles. The van der Waals surface area contributed by atoms with Gasteiger partial charge in [-0.05, 0) is 43.7 Å². The van der Waals surface area contributed by atoms with Crippen molar-refractivity contribution in [2.24, 2.45) is 0 Å². The number of rotatable bonds is 9. The Labute approximate surface area is 182 Å². The monoisotopic (exact) mass is 422 g/mol. The first-order chi connectivity index (χ1) is 15.0. The molecule has 3 rings (SSSR count). The zero-order valence-corrected chi connectivity index (χ0v) is 18.1. The molecule has 0 spiro atoms. The fourth-order valence-corrected chi connectivity index (χ4v) is 3.62. The van der Waals surface area contributed by atoms with Crippen molar-refractivity contribution < 1.29 is 14.7 Å². The third kappa shape index (κ3) is 5.64. The Morgan fingerprint density at radius 2 is 1.74 bits per heavy atom. The van der Waals surface area contributed by atoms with E-state index in [1.807, 2.05) is 84.1 Å². The summed E-state index contributed by atoms with van der Waals surface area (Å²) in [6.45, 7) is 6.17. The molecule has 0 aliphatic heterocycles. The topological polar surface area (TPSA) is 77.8 Å². The molecule has 7 heteroatoms. The first kappa shape index (κ1) is 22.4. The smallest absolute Gasteiger partial charge is 0.322 e. The number of amides is 3. The van der Waals surface area contributed by atoms with Crippen molar-refractivity contribution in [3.05, 3.63) is 66.4 Å². The molecule has 0 aliphatic rings. The standard InChI is InChI=1S/C24H30N4O3/c1-3-26(4-2)23(30)18-27-13-12-20-16-21(10-11-22(20)27)25-24(31)28(14-15-29)17-19-8-6-5-7-9-19/h5-13,16,29H,3-4,14-15,17-18H2,1-2H3,(H,25,31). The minimum absolute atomic E-state index is 0.0837. The highest BCUT2D eigenvalue weighted by Gasteiger charge is 2.15. The molecule has 0 fully saturated rings.